The number of carboxylic acid groups (broad SMARTS) is 3. The van der Waals surface area contributed by atoms with Crippen molar-refractivity contribution in [2.45, 2.75) is 174 Å². The summed E-state index contributed by atoms with van der Waals surface area (Å²) in [7, 11) is 2.84. The van der Waals surface area contributed by atoms with Crippen molar-refractivity contribution in [3.8, 4) is 28.7 Å². The zero-order valence-corrected chi connectivity index (χ0v) is 81.2. The largest absolute Gasteiger partial charge is 0.489 e. The van der Waals surface area contributed by atoms with Crippen molar-refractivity contribution in [1.29, 1.82) is 0 Å². The van der Waals surface area contributed by atoms with Gasteiger partial charge in [-0.25, -0.2) is 73.2 Å². The molecule has 802 valence electrons. The lowest BCUT2D eigenvalue weighted by Gasteiger charge is -2.23. The maximum absolute atomic E-state index is 13.8. The number of rotatable bonds is 18. The summed E-state index contributed by atoms with van der Waals surface area (Å²) in [6.45, 7) is 22.8. The predicted octanol–water partition coefficient (Wildman–Crippen LogP) is 9.73. The van der Waals surface area contributed by atoms with Gasteiger partial charge in [-0.1, -0.05) is 23.2 Å². The average Bonchev–Trinajstić information content (AvgIpc) is 1.66. The minimum Gasteiger partial charge on any atom is -0.489 e. The standard InChI is InChI=1S/C14H18FN3O4.C13H16FN3O7.C13H18FN3O5.C13H16FN3O4.C9H10FN3O2.C8H15NO5.C5H2Cl2N2O2.C5H2F2N2O2.C2HF3O/c1-14(2,3)22-13(20)17-8-7-21-9-5-6-16-11(15)10(9)18(4)12(8)19;1-13(2,3)24-12(20)16-7(11(18)19)6-23-8-4-5-15-10(14)9(8)17(21)22;1-13(2,3)22-12(20)17-7(11(18)19)6-21-8-4-5-16-10(14)9(8)15;1-13(2,3)21-12(19)16-7-6-20-8-4-5-15-10(14)9(8)17-11(7)18;1-13-7-6(2-3-12-8(7)10)15-4-5(11)9(13)14;1-8(2,3)14-7(13)9-5(4-10)6(11)12;2*6-3-1-2-8-5(7)4(3)9(10)11;3-2(4,5)1-6/h5-6,8H,7H2,1-4H3,(H,17,20);4-5,7H,6H2,1-3H3,(H,16,20)(H,18,19);4-5,7H,6,15H2,1-3H3,(H,17,20)(H,18,19);4-5,7H,6H2,1-3H3,(H,16,19)(H,17,18);2-3,5H,4,11H2,1H3;5,10H,4H2,1-3H3,(H,9,13)(H,11,12);2*1-2H;1H/t8-;3*7-;2*5-;;;/m000000.../s1. The Bertz CT molecular complexity index is 5670. The molecule has 146 heavy (non-hydrogen) atoms. The Kier molecular flexibility index (Phi) is 48.7. The monoisotopic (exact) mass is 2130 g/mol. The van der Waals surface area contributed by atoms with Gasteiger partial charge >= 0.3 is 71.6 Å². The summed E-state index contributed by atoms with van der Waals surface area (Å²) >= 11 is 10.8. The van der Waals surface area contributed by atoms with Crippen LogP contribution < -0.4 is 76.9 Å². The number of aliphatic hydroxyl groups excluding tert-OH is 1. The molecule has 0 bridgehead atoms. The number of pyridine rings is 7. The fraction of sp³-hybridized carbons (Fsp3) is 0.427. The van der Waals surface area contributed by atoms with Crippen molar-refractivity contribution in [2.75, 3.05) is 74.6 Å². The molecule has 0 saturated carbocycles. The summed E-state index contributed by atoms with van der Waals surface area (Å²) < 4.78 is 174. The van der Waals surface area contributed by atoms with Crippen LogP contribution in [0.25, 0.3) is 0 Å². The van der Waals surface area contributed by atoms with E-state index in [2.05, 4.69) is 56.2 Å². The number of hydrogen-bond donors (Lipinski definition) is 12. The highest BCUT2D eigenvalue weighted by atomic mass is 35.5. The average molecular weight is 2140 g/mol. The lowest BCUT2D eigenvalue weighted by Crippen LogP contribution is -2.50. The van der Waals surface area contributed by atoms with Crippen molar-refractivity contribution in [2.24, 2.45) is 5.73 Å². The van der Waals surface area contributed by atoms with Crippen molar-refractivity contribution in [3.63, 3.8) is 0 Å². The number of likely N-dealkylation sites (N-methyl/N-ethyl adjacent to an activating group) is 2. The number of carbonyl (C=O) groups is 12. The number of nitrogens with two attached hydrogens (primary N) is 2. The molecule has 0 radical (unpaired) electrons. The second-order valence-corrected chi connectivity index (χ2v) is 34.0. The summed E-state index contributed by atoms with van der Waals surface area (Å²) in [4.78, 5) is 188. The summed E-state index contributed by atoms with van der Waals surface area (Å²) in [5.74, 6) is -12.9. The van der Waals surface area contributed by atoms with Crippen LogP contribution in [0.15, 0.2) is 85.8 Å². The molecular formula is C82H98Cl2F10N20O32. The number of nitrogen functional groups attached to an aromatic ring is 1. The SMILES string of the molecule is CC(C)(C)OC(=O)N[C@@H](CO)C(=O)O.CC(C)(C)OC(=O)N[C@@H](COc1ccnc(F)c1N)C(=O)O.CC(C)(C)OC(=O)N[C@@H](COc1ccnc(F)c1[N+](=O)[O-])C(=O)O.CC(C)(C)OC(=O)N[C@H]1COc2ccnc(F)c2NC1=O.CN1C(=O)[C@@H](N)COc2ccnc(F)c21.CN1C(=O)[C@@H](NC(=O)OC(C)(C)C)COc2ccnc(F)c21.O=CC(F)(F)F.O=[N+]([O-])c1c(Cl)ccnc1Cl.O=[N+]([O-])c1c(F)ccnc1F. The number of aromatic nitrogens is 7. The first kappa shape index (κ1) is 126. The number of carboxylic acids is 3. The smallest absolute Gasteiger partial charge is 0.446 e. The van der Waals surface area contributed by atoms with Crippen LogP contribution >= 0.6 is 23.2 Å². The van der Waals surface area contributed by atoms with Gasteiger partial charge in [0.25, 0.3) is 23.7 Å². The highest BCUT2D eigenvalue weighted by Gasteiger charge is 2.38. The fourth-order valence-electron chi connectivity index (χ4n) is 9.71. The highest BCUT2D eigenvalue weighted by molar-refractivity contribution is 6.37. The Morgan fingerprint density at radius 1 is 0.486 bits per heavy atom. The Labute approximate surface area is 828 Å². The third kappa shape index (κ3) is 45.3. The third-order valence-corrected chi connectivity index (χ3v) is 16.3. The van der Waals surface area contributed by atoms with Gasteiger partial charge in [0.05, 0.1) is 21.4 Å². The molecule has 0 saturated heterocycles. The van der Waals surface area contributed by atoms with Crippen LogP contribution in [0.3, 0.4) is 0 Å². The van der Waals surface area contributed by atoms with Crippen LogP contribution in [0.5, 0.6) is 28.7 Å². The maximum Gasteiger partial charge on any atom is 0.446 e. The highest BCUT2D eigenvalue weighted by Crippen LogP contribution is 2.36. The molecule has 8 amide bonds. The number of carbonyl (C=O) groups excluding carboxylic acids is 9. The number of amides is 8. The molecule has 3 aliphatic rings. The molecule has 64 heteroatoms. The Hall–Kier alpha value is -16.3. The van der Waals surface area contributed by atoms with Crippen molar-refractivity contribution in [1.82, 2.24) is 61.5 Å². The van der Waals surface area contributed by atoms with Crippen LogP contribution in [0.1, 0.15) is 104 Å². The van der Waals surface area contributed by atoms with E-state index in [0.717, 1.165) is 40.5 Å². The van der Waals surface area contributed by atoms with Crippen molar-refractivity contribution in [3.05, 3.63) is 168 Å². The van der Waals surface area contributed by atoms with Gasteiger partial charge in [-0.05, 0) is 116 Å². The van der Waals surface area contributed by atoms with E-state index in [-0.39, 0.29) is 87.3 Å². The van der Waals surface area contributed by atoms with E-state index in [9.17, 15) is 127 Å². The van der Waals surface area contributed by atoms with Crippen LogP contribution in [-0.2, 0) is 57.2 Å². The van der Waals surface area contributed by atoms with Crippen LogP contribution in [0.2, 0.25) is 10.2 Å². The van der Waals surface area contributed by atoms with Crippen molar-refractivity contribution >= 4 is 135 Å². The molecule has 52 nitrogen and oxygen atoms in total. The maximum atomic E-state index is 13.8. The molecular weight excluding hydrogens is 2040 g/mol. The van der Waals surface area contributed by atoms with E-state index in [1.807, 2.05) is 10.6 Å². The number of alkyl carbamates (subject to hydrolysis) is 5. The summed E-state index contributed by atoms with van der Waals surface area (Å²) in [6, 6.07) is 1.68. The van der Waals surface area contributed by atoms with E-state index in [1.54, 1.807) is 104 Å². The molecule has 14 N–H and O–H groups in total. The normalized spacial score (nSPS) is 14.5. The number of alkyl halides is 3. The zero-order chi connectivity index (χ0) is 112. The molecule has 0 aliphatic carbocycles. The molecule has 0 spiro atoms. The van der Waals surface area contributed by atoms with Gasteiger partial charge in [-0.15, -0.1) is 0 Å². The first-order valence-corrected chi connectivity index (χ1v) is 41.6. The number of nitrogens with zero attached hydrogens (tertiary/aromatic N) is 12. The molecule has 3 aliphatic heterocycles. The van der Waals surface area contributed by atoms with Gasteiger partial charge in [0.1, 0.15) is 130 Å². The van der Waals surface area contributed by atoms with E-state index in [0.29, 0.717) is 0 Å². The van der Waals surface area contributed by atoms with E-state index < -0.39 is 230 Å². The van der Waals surface area contributed by atoms with E-state index >= 15 is 0 Å². The predicted molar refractivity (Wildman–Crippen MR) is 483 cm³/mol. The van der Waals surface area contributed by atoms with E-state index in [1.165, 1.54) is 69.2 Å². The number of nitrogens with one attached hydrogen (secondary N) is 6. The summed E-state index contributed by atoms with van der Waals surface area (Å²) in [5.41, 5.74) is 4.16. The molecule has 7 aromatic heterocycles. The molecule has 7 aromatic rings. The number of anilines is 4. The fourth-order valence-corrected chi connectivity index (χ4v) is 10.2. The topological polar surface area (TPSA) is 728 Å². The Balaban J connectivity index is 0.000000566. The first-order valence-electron chi connectivity index (χ1n) is 40.8. The van der Waals surface area contributed by atoms with Gasteiger partial charge in [-0.2, -0.15) is 43.9 Å². The minimum atomic E-state index is -4.64. The van der Waals surface area contributed by atoms with Crippen LogP contribution in [-0.4, -0.2) is 267 Å². The van der Waals surface area contributed by atoms with Gasteiger partial charge in [0, 0.05) is 87.8 Å². The molecule has 10 heterocycles. The lowest BCUT2D eigenvalue weighted by atomic mass is 10.2. The van der Waals surface area contributed by atoms with Gasteiger partial charge < -0.3 is 121 Å². The molecule has 6 atom stereocenters. The number of hydrogen-bond acceptors (Lipinski definition) is 38. The lowest BCUT2D eigenvalue weighted by molar-refractivity contribution is -0.390. The second-order valence-electron chi connectivity index (χ2n) is 33.3. The number of aliphatic carboxylic acids is 3. The molecule has 0 fully saturated rings. The van der Waals surface area contributed by atoms with Crippen LogP contribution in [0, 0.1) is 71.8 Å². The quantitative estimate of drug-likeness (QED) is 0.00949. The number of halogens is 12. The van der Waals surface area contributed by atoms with Gasteiger partial charge in [0.15, 0.2) is 18.1 Å². The number of aliphatic hydroxyl groups is 1. The number of ether oxygens (including phenoxy) is 10. The number of fused-ring (bicyclic) bond motifs is 3. The molecule has 0 aromatic carbocycles. The third-order valence-electron chi connectivity index (χ3n) is 15.7. The summed E-state index contributed by atoms with van der Waals surface area (Å²) in [6.07, 6.45) is -2.05. The van der Waals surface area contributed by atoms with Crippen molar-refractivity contribution < 1.29 is 184 Å². The van der Waals surface area contributed by atoms with Gasteiger partial charge in [0.2, 0.25) is 52.7 Å². The minimum absolute atomic E-state index is 0.00463. The number of nitro groups is 3. The Morgan fingerprint density at radius 2 is 0.822 bits per heavy atom. The van der Waals surface area contributed by atoms with Gasteiger partial charge in [-0.3, -0.25) is 49.5 Å². The molecule has 10 rings (SSSR count). The van der Waals surface area contributed by atoms with E-state index in [4.69, 9.17) is 107 Å². The first-order chi connectivity index (χ1) is 67.2. The Morgan fingerprint density at radius 3 is 1.21 bits per heavy atom. The number of aldehydes is 1. The summed E-state index contributed by atoms with van der Waals surface area (Å²) in [5, 5.41) is 79.3. The van der Waals surface area contributed by atoms with Crippen LogP contribution in [0.4, 0.5) is 108 Å². The zero-order valence-electron chi connectivity index (χ0n) is 79.6. The molecule has 0 unspecified atom stereocenters. The second kappa shape index (κ2) is 56.5.